The Labute approximate surface area is 88.2 Å². The first-order chi connectivity index (χ1) is 7.27. The van der Waals surface area contributed by atoms with Gasteiger partial charge in [-0.1, -0.05) is 6.07 Å². The van der Waals surface area contributed by atoms with Crippen molar-refractivity contribution < 1.29 is 14.3 Å². The van der Waals surface area contributed by atoms with E-state index in [9.17, 15) is 4.79 Å². The molecule has 0 unspecified atom stereocenters. The standard InChI is InChI=1S/C11H13NO3/c1-14-10(13)11(7-15-8-11)5-9-3-2-4-12-6-9/h2-4,6H,5,7-8H2,1H3. The first kappa shape index (κ1) is 10.1. The molecule has 0 radical (unpaired) electrons. The summed E-state index contributed by atoms with van der Waals surface area (Å²) in [7, 11) is 1.41. The summed E-state index contributed by atoms with van der Waals surface area (Å²) in [6.45, 7) is 0.878. The molecule has 0 amide bonds. The molecule has 4 heteroatoms. The molecular weight excluding hydrogens is 194 g/mol. The van der Waals surface area contributed by atoms with Gasteiger partial charge in [-0.3, -0.25) is 9.78 Å². The number of hydrogen-bond donors (Lipinski definition) is 0. The molecule has 1 fully saturated rings. The molecule has 1 saturated heterocycles. The van der Waals surface area contributed by atoms with Gasteiger partial charge in [-0.05, 0) is 18.1 Å². The molecule has 1 aliphatic rings. The Hall–Kier alpha value is -1.42. The van der Waals surface area contributed by atoms with Crippen molar-refractivity contribution in [3.05, 3.63) is 30.1 Å². The molecule has 0 aliphatic carbocycles. The number of esters is 1. The predicted octanol–water partition coefficient (Wildman–Crippen LogP) is 0.814. The fourth-order valence-corrected chi connectivity index (χ4v) is 1.75. The number of hydrogen-bond acceptors (Lipinski definition) is 4. The molecule has 4 nitrogen and oxygen atoms in total. The highest BCUT2D eigenvalue weighted by Crippen LogP contribution is 2.32. The second-order valence-corrected chi connectivity index (χ2v) is 3.80. The average molecular weight is 207 g/mol. The Bertz CT molecular complexity index is 346. The molecule has 1 aliphatic heterocycles. The van der Waals surface area contributed by atoms with Crippen molar-refractivity contribution in [1.29, 1.82) is 0 Å². The van der Waals surface area contributed by atoms with Crippen molar-refractivity contribution in [3.63, 3.8) is 0 Å². The Kier molecular flexibility index (Phi) is 2.68. The molecule has 2 rings (SSSR count). The molecule has 0 bridgehead atoms. The molecule has 0 N–H and O–H groups in total. The molecule has 0 saturated carbocycles. The Morgan fingerprint density at radius 2 is 2.47 bits per heavy atom. The quantitative estimate of drug-likeness (QED) is 0.688. The van der Waals surface area contributed by atoms with E-state index in [0.29, 0.717) is 19.6 Å². The summed E-state index contributed by atoms with van der Waals surface area (Å²) in [6, 6.07) is 3.82. The maximum Gasteiger partial charge on any atom is 0.316 e. The molecule has 0 spiro atoms. The van der Waals surface area contributed by atoms with Gasteiger partial charge >= 0.3 is 5.97 Å². The highest BCUT2D eigenvalue weighted by Gasteiger charge is 2.47. The van der Waals surface area contributed by atoms with Crippen molar-refractivity contribution >= 4 is 5.97 Å². The SMILES string of the molecule is COC(=O)C1(Cc2cccnc2)COC1. The number of aromatic nitrogens is 1. The van der Waals surface area contributed by atoms with E-state index in [-0.39, 0.29) is 5.97 Å². The van der Waals surface area contributed by atoms with Crippen LogP contribution >= 0.6 is 0 Å². The third-order valence-corrected chi connectivity index (χ3v) is 2.64. The van der Waals surface area contributed by atoms with Crippen molar-refractivity contribution in [2.24, 2.45) is 5.41 Å². The first-order valence-corrected chi connectivity index (χ1v) is 4.82. The molecule has 80 valence electrons. The summed E-state index contributed by atoms with van der Waals surface area (Å²) in [4.78, 5) is 15.6. The van der Waals surface area contributed by atoms with Crippen LogP contribution in [0.15, 0.2) is 24.5 Å². The molecule has 1 aromatic rings. The number of nitrogens with zero attached hydrogens (tertiary/aromatic N) is 1. The van der Waals surface area contributed by atoms with E-state index in [1.807, 2.05) is 12.1 Å². The number of methoxy groups -OCH3 is 1. The minimum atomic E-state index is -0.488. The van der Waals surface area contributed by atoms with Crippen molar-refractivity contribution in [3.8, 4) is 0 Å². The van der Waals surface area contributed by atoms with Crippen LogP contribution < -0.4 is 0 Å². The molecular formula is C11H13NO3. The van der Waals surface area contributed by atoms with Crippen molar-refractivity contribution in [2.75, 3.05) is 20.3 Å². The van der Waals surface area contributed by atoms with Gasteiger partial charge in [0.15, 0.2) is 0 Å². The maximum atomic E-state index is 11.6. The van der Waals surface area contributed by atoms with E-state index in [2.05, 4.69) is 4.98 Å². The van der Waals surface area contributed by atoms with Crippen LogP contribution in [-0.2, 0) is 20.7 Å². The van der Waals surface area contributed by atoms with Crippen LogP contribution in [-0.4, -0.2) is 31.3 Å². The van der Waals surface area contributed by atoms with E-state index in [4.69, 9.17) is 9.47 Å². The topological polar surface area (TPSA) is 48.4 Å². The Morgan fingerprint density at radius 3 is 2.93 bits per heavy atom. The summed E-state index contributed by atoms with van der Waals surface area (Å²) in [5.74, 6) is -0.197. The van der Waals surface area contributed by atoms with Crippen LogP contribution in [0.2, 0.25) is 0 Å². The maximum absolute atomic E-state index is 11.6. The second-order valence-electron chi connectivity index (χ2n) is 3.80. The van der Waals surface area contributed by atoms with Crippen molar-refractivity contribution in [1.82, 2.24) is 4.98 Å². The van der Waals surface area contributed by atoms with Crippen LogP contribution in [0.5, 0.6) is 0 Å². The number of ether oxygens (including phenoxy) is 2. The zero-order chi connectivity index (χ0) is 10.7. The van der Waals surface area contributed by atoms with Gasteiger partial charge in [-0.15, -0.1) is 0 Å². The smallest absolute Gasteiger partial charge is 0.316 e. The highest BCUT2D eigenvalue weighted by molar-refractivity contribution is 5.78. The van der Waals surface area contributed by atoms with Crippen LogP contribution in [0.25, 0.3) is 0 Å². The Morgan fingerprint density at radius 1 is 1.67 bits per heavy atom. The van der Waals surface area contributed by atoms with Crippen LogP contribution in [0.1, 0.15) is 5.56 Å². The number of pyridine rings is 1. The fourth-order valence-electron chi connectivity index (χ4n) is 1.75. The van der Waals surface area contributed by atoms with Gasteiger partial charge in [-0.25, -0.2) is 0 Å². The summed E-state index contributed by atoms with van der Waals surface area (Å²) in [5.41, 5.74) is 0.545. The van der Waals surface area contributed by atoms with Gasteiger partial charge in [0.2, 0.25) is 0 Å². The molecule has 1 aromatic heterocycles. The third-order valence-electron chi connectivity index (χ3n) is 2.64. The zero-order valence-corrected chi connectivity index (χ0v) is 8.60. The van der Waals surface area contributed by atoms with E-state index in [0.717, 1.165) is 5.56 Å². The normalized spacial score (nSPS) is 17.9. The Balaban J connectivity index is 2.12. The lowest BCUT2D eigenvalue weighted by Crippen LogP contribution is -2.51. The summed E-state index contributed by atoms with van der Waals surface area (Å²) in [5, 5.41) is 0. The largest absolute Gasteiger partial charge is 0.468 e. The first-order valence-electron chi connectivity index (χ1n) is 4.82. The summed E-state index contributed by atoms with van der Waals surface area (Å²) in [6.07, 6.45) is 4.11. The average Bonchev–Trinajstić information content (AvgIpc) is 2.24. The monoisotopic (exact) mass is 207 g/mol. The minimum Gasteiger partial charge on any atom is -0.468 e. The van der Waals surface area contributed by atoms with Gasteiger partial charge < -0.3 is 9.47 Å². The highest BCUT2D eigenvalue weighted by atomic mass is 16.5. The van der Waals surface area contributed by atoms with Crippen LogP contribution in [0.4, 0.5) is 0 Å². The van der Waals surface area contributed by atoms with E-state index in [1.165, 1.54) is 7.11 Å². The number of rotatable bonds is 3. The van der Waals surface area contributed by atoms with Gasteiger partial charge in [0.05, 0.1) is 20.3 Å². The van der Waals surface area contributed by atoms with Gasteiger partial charge in [0, 0.05) is 12.4 Å². The molecule has 15 heavy (non-hydrogen) atoms. The molecule has 0 aromatic carbocycles. The minimum absolute atomic E-state index is 0.197. The third kappa shape index (κ3) is 1.85. The second kappa shape index (κ2) is 3.98. The lowest BCUT2D eigenvalue weighted by Gasteiger charge is -2.38. The summed E-state index contributed by atoms with van der Waals surface area (Å²) >= 11 is 0. The lowest BCUT2D eigenvalue weighted by atomic mass is 9.80. The molecule has 0 atom stereocenters. The van der Waals surface area contributed by atoms with Crippen molar-refractivity contribution in [2.45, 2.75) is 6.42 Å². The molecule has 2 heterocycles. The van der Waals surface area contributed by atoms with E-state index in [1.54, 1.807) is 12.4 Å². The fraction of sp³-hybridized carbons (Fsp3) is 0.455. The van der Waals surface area contributed by atoms with E-state index >= 15 is 0 Å². The van der Waals surface area contributed by atoms with Gasteiger partial charge in [0.1, 0.15) is 5.41 Å². The van der Waals surface area contributed by atoms with Crippen LogP contribution in [0, 0.1) is 5.41 Å². The van der Waals surface area contributed by atoms with Gasteiger partial charge in [0.25, 0.3) is 0 Å². The van der Waals surface area contributed by atoms with Gasteiger partial charge in [-0.2, -0.15) is 0 Å². The summed E-state index contributed by atoms with van der Waals surface area (Å²) < 4.78 is 9.90. The zero-order valence-electron chi connectivity index (χ0n) is 8.60. The van der Waals surface area contributed by atoms with Crippen LogP contribution in [0.3, 0.4) is 0 Å². The predicted molar refractivity (Wildman–Crippen MR) is 53.2 cm³/mol. The van der Waals surface area contributed by atoms with E-state index < -0.39 is 5.41 Å². The number of carbonyl (C=O) groups is 1. The lowest BCUT2D eigenvalue weighted by molar-refractivity contribution is -0.182. The number of carbonyl (C=O) groups excluding carboxylic acids is 1.